The number of carboxylic acids is 1. The van der Waals surface area contributed by atoms with Gasteiger partial charge in [-0.1, -0.05) is 11.6 Å². The van der Waals surface area contributed by atoms with Crippen LogP contribution in [0, 0.1) is 0 Å². The summed E-state index contributed by atoms with van der Waals surface area (Å²) in [6.07, 6.45) is 4.75. The fourth-order valence-electron chi connectivity index (χ4n) is 3.41. The number of nitrogens with zero attached hydrogens (tertiary/aromatic N) is 3. The number of hydrogen-bond donors (Lipinski definition) is 1. The van der Waals surface area contributed by atoms with Crippen LogP contribution >= 0.6 is 11.6 Å². The molecule has 1 unspecified atom stereocenters. The van der Waals surface area contributed by atoms with Crippen LogP contribution < -0.4 is 0 Å². The summed E-state index contributed by atoms with van der Waals surface area (Å²) in [5, 5.41) is 9.65. The number of likely N-dealkylation sites (tertiary alicyclic amines) is 1. The maximum atomic E-state index is 10.9. The largest absolute Gasteiger partial charge is 0.480 e. The van der Waals surface area contributed by atoms with E-state index in [1.807, 2.05) is 36.2 Å². The lowest BCUT2D eigenvalue weighted by Gasteiger charge is -2.25. The smallest absolute Gasteiger partial charge is 0.317 e. The van der Waals surface area contributed by atoms with Gasteiger partial charge in [0.1, 0.15) is 6.26 Å². The molecule has 0 radical (unpaired) electrons. The van der Waals surface area contributed by atoms with Gasteiger partial charge in [0.2, 0.25) is 5.89 Å². The van der Waals surface area contributed by atoms with Crippen LogP contribution in [0.3, 0.4) is 0 Å². The van der Waals surface area contributed by atoms with Crippen LogP contribution in [0.5, 0.6) is 0 Å². The van der Waals surface area contributed by atoms with Crippen molar-refractivity contribution in [1.29, 1.82) is 0 Å². The highest BCUT2D eigenvalue weighted by Gasteiger charge is 2.22. The van der Waals surface area contributed by atoms with Crippen molar-refractivity contribution in [2.24, 2.45) is 0 Å². The third-order valence-corrected chi connectivity index (χ3v) is 5.08. The van der Waals surface area contributed by atoms with E-state index in [-0.39, 0.29) is 6.54 Å². The molecule has 26 heavy (non-hydrogen) atoms. The number of carbonyl (C=O) groups is 1. The van der Waals surface area contributed by atoms with Crippen molar-refractivity contribution in [2.75, 3.05) is 26.7 Å². The number of rotatable bonds is 6. The van der Waals surface area contributed by atoms with Gasteiger partial charge >= 0.3 is 5.97 Å². The summed E-state index contributed by atoms with van der Waals surface area (Å²) in [5.74, 6) is -0.170. The maximum Gasteiger partial charge on any atom is 0.317 e. The van der Waals surface area contributed by atoms with Gasteiger partial charge in [-0.05, 0) is 57.1 Å². The van der Waals surface area contributed by atoms with E-state index in [0.717, 1.165) is 50.2 Å². The summed E-state index contributed by atoms with van der Waals surface area (Å²) in [6, 6.07) is 7.75. The van der Waals surface area contributed by atoms with Gasteiger partial charge in [-0.15, -0.1) is 0 Å². The van der Waals surface area contributed by atoms with Gasteiger partial charge in [0, 0.05) is 29.7 Å². The van der Waals surface area contributed by atoms with Crippen molar-refractivity contribution in [2.45, 2.75) is 31.8 Å². The molecule has 140 valence electrons. The Bertz CT molecular complexity index is 732. The Morgan fingerprint density at radius 1 is 1.35 bits per heavy atom. The number of benzene rings is 1. The number of carboxylic acid groups (broad SMARTS) is 1. The molecule has 0 saturated carbocycles. The molecule has 1 aromatic heterocycles. The second-order valence-electron chi connectivity index (χ2n) is 6.82. The van der Waals surface area contributed by atoms with E-state index in [1.165, 1.54) is 0 Å². The molecule has 0 spiro atoms. The lowest BCUT2D eigenvalue weighted by Crippen LogP contribution is -2.36. The SMILES string of the molecule is CN(CC(=O)O)C1CCCN(Cc2coc(-c3ccc(Cl)cc3)n2)CC1. The molecule has 3 rings (SSSR count). The van der Waals surface area contributed by atoms with Crippen LogP contribution in [0.2, 0.25) is 5.02 Å². The van der Waals surface area contributed by atoms with Crippen LogP contribution in [0.4, 0.5) is 0 Å². The van der Waals surface area contributed by atoms with E-state index in [2.05, 4.69) is 9.88 Å². The van der Waals surface area contributed by atoms with Gasteiger partial charge in [-0.2, -0.15) is 0 Å². The third kappa shape index (κ3) is 5.06. The molecule has 6 nitrogen and oxygen atoms in total. The molecule has 1 N–H and O–H groups in total. The van der Waals surface area contributed by atoms with Crippen molar-refractivity contribution in [1.82, 2.24) is 14.8 Å². The van der Waals surface area contributed by atoms with Crippen LogP contribution in [-0.2, 0) is 11.3 Å². The van der Waals surface area contributed by atoms with Gasteiger partial charge in [0.15, 0.2) is 0 Å². The highest BCUT2D eigenvalue weighted by Crippen LogP contribution is 2.22. The standard InChI is InChI=1S/C19H24ClN3O3/c1-22(12-18(24)25)17-3-2-9-23(10-8-17)11-16-13-26-19(21-16)14-4-6-15(20)7-5-14/h4-7,13,17H,2-3,8-12H2,1H3,(H,24,25). The second-order valence-corrected chi connectivity index (χ2v) is 7.26. The second kappa shape index (κ2) is 8.66. The van der Waals surface area contributed by atoms with E-state index in [9.17, 15) is 4.79 Å². The number of oxazole rings is 1. The fraction of sp³-hybridized carbons (Fsp3) is 0.474. The first-order chi connectivity index (χ1) is 12.5. The molecule has 2 aromatic rings. The minimum atomic E-state index is -0.772. The molecule has 1 aliphatic heterocycles. The van der Waals surface area contributed by atoms with Crippen LogP contribution in [0.15, 0.2) is 34.9 Å². The average Bonchev–Trinajstić information content (AvgIpc) is 2.93. The summed E-state index contributed by atoms with van der Waals surface area (Å²) in [5.41, 5.74) is 1.82. The van der Waals surface area contributed by atoms with E-state index in [1.54, 1.807) is 6.26 Å². The molecule has 1 saturated heterocycles. The molecule has 1 atom stereocenters. The highest BCUT2D eigenvalue weighted by atomic mass is 35.5. The Hall–Kier alpha value is -1.89. The molecule has 1 fully saturated rings. The molecular formula is C19H24ClN3O3. The highest BCUT2D eigenvalue weighted by molar-refractivity contribution is 6.30. The number of likely N-dealkylation sites (N-methyl/N-ethyl adjacent to an activating group) is 1. The average molecular weight is 378 g/mol. The molecule has 1 aliphatic rings. The fourth-order valence-corrected chi connectivity index (χ4v) is 3.54. The molecule has 1 aromatic carbocycles. The minimum absolute atomic E-state index is 0.0956. The Morgan fingerprint density at radius 2 is 2.12 bits per heavy atom. The van der Waals surface area contributed by atoms with Crippen molar-refractivity contribution in [3.63, 3.8) is 0 Å². The first kappa shape index (κ1) is 18.9. The van der Waals surface area contributed by atoms with Crippen molar-refractivity contribution in [3.8, 4) is 11.5 Å². The van der Waals surface area contributed by atoms with E-state index >= 15 is 0 Å². The number of aliphatic carboxylic acids is 1. The van der Waals surface area contributed by atoms with Crippen molar-refractivity contribution >= 4 is 17.6 Å². The Kier molecular flexibility index (Phi) is 6.29. The van der Waals surface area contributed by atoms with Crippen molar-refractivity contribution in [3.05, 3.63) is 41.2 Å². The topological polar surface area (TPSA) is 69.8 Å². The number of hydrogen-bond acceptors (Lipinski definition) is 5. The van der Waals surface area contributed by atoms with Crippen LogP contribution in [-0.4, -0.2) is 58.6 Å². The number of halogens is 1. The monoisotopic (exact) mass is 377 g/mol. The molecule has 0 bridgehead atoms. The summed E-state index contributed by atoms with van der Waals surface area (Å²) < 4.78 is 5.61. The van der Waals surface area contributed by atoms with E-state index in [0.29, 0.717) is 17.0 Å². The molecule has 2 heterocycles. The van der Waals surface area contributed by atoms with Crippen LogP contribution in [0.1, 0.15) is 25.0 Å². The van der Waals surface area contributed by atoms with Crippen molar-refractivity contribution < 1.29 is 14.3 Å². The lowest BCUT2D eigenvalue weighted by atomic mass is 10.1. The van der Waals surface area contributed by atoms with Gasteiger partial charge < -0.3 is 9.52 Å². The van der Waals surface area contributed by atoms with Gasteiger partial charge in [0.25, 0.3) is 0 Å². The van der Waals surface area contributed by atoms with E-state index in [4.69, 9.17) is 21.1 Å². The zero-order chi connectivity index (χ0) is 18.5. The summed E-state index contributed by atoms with van der Waals surface area (Å²) in [4.78, 5) is 19.8. The normalized spacial score (nSPS) is 18.8. The predicted octanol–water partition coefficient (Wildman–Crippen LogP) is 3.37. The first-order valence-electron chi connectivity index (χ1n) is 8.86. The summed E-state index contributed by atoms with van der Waals surface area (Å²) in [6.45, 7) is 2.75. The molecule has 0 amide bonds. The Balaban J connectivity index is 1.56. The van der Waals surface area contributed by atoms with Gasteiger partial charge in [0.05, 0.1) is 12.2 Å². The summed E-state index contributed by atoms with van der Waals surface area (Å²) in [7, 11) is 1.89. The Morgan fingerprint density at radius 3 is 2.85 bits per heavy atom. The quantitative estimate of drug-likeness (QED) is 0.832. The number of aromatic nitrogens is 1. The Labute approximate surface area is 158 Å². The molecule has 7 heteroatoms. The van der Waals surface area contributed by atoms with Gasteiger partial charge in [-0.3, -0.25) is 14.6 Å². The molecular weight excluding hydrogens is 354 g/mol. The molecule has 0 aliphatic carbocycles. The third-order valence-electron chi connectivity index (χ3n) is 4.83. The van der Waals surface area contributed by atoms with Crippen LogP contribution in [0.25, 0.3) is 11.5 Å². The lowest BCUT2D eigenvalue weighted by molar-refractivity contribution is -0.138. The minimum Gasteiger partial charge on any atom is -0.480 e. The first-order valence-corrected chi connectivity index (χ1v) is 9.24. The zero-order valence-corrected chi connectivity index (χ0v) is 15.7. The predicted molar refractivity (Wildman–Crippen MR) is 100 cm³/mol. The maximum absolute atomic E-state index is 10.9. The van der Waals surface area contributed by atoms with Gasteiger partial charge in [-0.25, -0.2) is 4.98 Å². The summed E-state index contributed by atoms with van der Waals surface area (Å²) >= 11 is 5.92. The zero-order valence-electron chi connectivity index (χ0n) is 14.9. The van der Waals surface area contributed by atoms with E-state index < -0.39 is 5.97 Å².